The van der Waals surface area contributed by atoms with Crippen molar-refractivity contribution in [2.75, 3.05) is 4.90 Å². The summed E-state index contributed by atoms with van der Waals surface area (Å²) in [6.45, 7) is 2.47. The van der Waals surface area contributed by atoms with Gasteiger partial charge in [0.2, 0.25) is 0 Å². The van der Waals surface area contributed by atoms with Crippen LogP contribution in [0.3, 0.4) is 0 Å². The molecular weight excluding hydrogens is 264 g/mol. The van der Waals surface area contributed by atoms with Crippen LogP contribution in [-0.4, -0.2) is 16.8 Å². The van der Waals surface area contributed by atoms with Gasteiger partial charge in [-0.3, -0.25) is 4.79 Å². The van der Waals surface area contributed by atoms with Gasteiger partial charge < -0.3 is 4.90 Å². The van der Waals surface area contributed by atoms with Crippen LogP contribution in [0, 0.1) is 0 Å². The van der Waals surface area contributed by atoms with Crippen molar-refractivity contribution in [2.45, 2.75) is 32.4 Å². The Morgan fingerprint density at radius 1 is 1.50 bits per heavy atom. The van der Waals surface area contributed by atoms with Gasteiger partial charge in [0.05, 0.1) is 0 Å². The topological polar surface area (TPSA) is 33.2 Å². The van der Waals surface area contributed by atoms with Crippen molar-refractivity contribution in [1.82, 2.24) is 4.98 Å². The Kier molecular flexibility index (Phi) is 3.18. The Hall–Kier alpha value is -1.20. The molecule has 3 nitrogen and oxygen atoms in total. The van der Waals surface area contributed by atoms with Gasteiger partial charge in [-0.25, -0.2) is 4.98 Å². The zero-order valence-electron chi connectivity index (χ0n) is 10.1. The Labute approximate surface area is 114 Å². The number of rotatable bonds is 5. The maximum atomic E-state index is 11.3. The van der Waals surface area contributed by atoms with E-state index in [9.17, 15) is 4.79 Å². The quantitative estimate of drug-likeness (QED) is 0.784. The number of thiazole rings is 1. The normalized spacial score (nSPS) is 14.7. The molecule has 0 aliphatic heterocycles. The molecule has 5 heteroatoms. The maximum Gasteiger partial charge on any atom is 0.186 e. The Morgan fingerprint density at radius 2 is 2.33 bits per heavy atom. The number of aromatic nitrogens is 1. The van der Waals surface area contributed by atoms with Crippen LogP contribution >= 0.6 is 22.7 Å². The second-order valence-corrected chi connectivity index (χ2v) is 6.18. The van der Waals surface area contributed by atoms with E-state index in [1.54, 1.807) is 29.6 Å². The minimum absolute atomic E-state index is 0.0452. The smallest absolute Gasteiger partial charge is 0.186 e. The molecule has 2 heterocycles. The highest BCUT2D eigenvalue weighted by molar-refractivity contribution is 7.14. The summed E-state index contributed by atoms with van der Waals surface area (Å²) in [5.41, 5.74) is 1.91. The average Bonchev–Trinajstić information content (AvgIpc) is 2.88. The third-order valence-corrected chi connectivity index (χ3v) is 4.63. The van der Waals surface area contributed by atoms with Gasteiger partial charge in [0.1, 0.15) is 5.69 Å². The molecule has 1 fully saturated rings. The van der Waals surface area contributed by atoms with Crippen LogP contribution in [0.1, 0.15) is 35.8 Å². The van der Waals surface area contributed by atoms with Crippen molar-refractivity contribution in [3.8, 4) is 0 Å². The van der Waals surface area contributed by atoms with Crippen molar-refractivity contribution < 1.29 is 4.79 Å². The van der Waals surface area contributed by atoms with E-state index in [0.29, 0.717) is 11.7 Å². The number of Topliss-reactive ketones (excluding diaryl/α,β-unsaturated/α-hetero) is 1. The minimum atomic E-state index is 0.0452. The van der Waals surface area contributed by atoms with Crippen molar-refractivity contribution in [3.63, 3.8) is 0 Å². The highest BCUT2D eigenvalue weighted by atomic mass is 32.1. The van der Waals surface area contributed by atoms with Gasteiger partial charge >= 0.3 is 0 Å². The summed E-state index contributed by atoms with van der Waals surface area (Å²) in [4.78, 5) is 18.1. The number of hydrogen-bond donors (Lipinski definition) is 0. The number of thiophene rings is 1. The number of carbonyl (C=O) groups is 1. The lowest BCUT2D eigenvalue weighted by atomic mass is 10.3. The monoisotopic (exact) mass is 278 g/mol. The van der Waals surface area contributed by atoms with Crippen LogP contribution in [-0.2, 0) is 6.54 Å². The van der Waals surface area contributed by atoms with Crippen LogP contribution in [0.4, 0.5) is 5.13 Å². The van der Waals surface area contributed by atoms with E-state index in [1.165, 1.54) is 18.4 Å². The average molecular weight is 278 g/mol. The van der Waals surface area contributed by atoms with Crippen LogP contribution in [0.5, 0.6) is 0 Å². The predicted octanol–water partition coefficient (Wildman–Crippen LogP) is 3.58. The fourth-order valence-corrected chi connectivity index (χ4v) is 3.47. The first kappa shape index (κ1) is 11.9. The molecule has 1 aliphatic carbocycles. The second kappa shape index (κ2) is 4.82. The lowest BCUT2D eigenvalue weighted by molar-refractivity contribution is 0.101. The van der Waals surface area contributed by atoms with Crippen molar-refractivity contribution >= 4 is 33.6 Å². The standard InChI is InChI=1S/C13H14N2OS2/c1-9(16)12-8-18-13(14-12)15(11-2-3-11)6-10-4-5-17-7-10/h4-5,7-8,11H,2-3,6H2,1H3. The Balaban J connectivity index is 1.82. The number of nitrogens with zero attached hydrogens (tertiary/aromatic N) is 2. The molecule has 0 spiro atoms. The summed E-state index contributed by atoms with van der Waals surface area (Å²) in [6, 6.07) is 2.76. The summed E-state index contributed by atoms with van der Waals surface area (Å²) in [5, 5.41) is 7.12. The second-order valence-electron chi connectivity index (χ2n) is 4.56. The molecule has 94 valence electrons. The number of carbonyl (C=O) groups excluding carboxylic acids is 1. The number of ketones is 1. The third kappa shape index (κ3) is 2.47. The molecule has 18 heavy (non-hydrogen) atoms. The van der Waals surface area contributed by atoms with Gasteiger partial charge in [0.25, 0.3) is 0 Å². The Bertz CT molecular complexity index is 543. The maximum absolute atomic E-state index is 11.3. The molecule has 1 aliphatic rings. The first-order chi connectivity index (χ1) is 8.74. The molecule has 0 radical (unpaired) electrons. The van der Waals surface area contributed by atoms with Gasteiger partial charge in [-0.1, -0.05) is 0 Å². The molecule has 0 aromatic carbocycles. The number of hydrogen-bond acceptors (Lipinski definition) is 5. The van der Waals surface area contributed by atoms with Gasteiger partial charge in [-0.15, -0.1) is 11.3 Å². The molecular formula is C13H14N2OS2. The Morgan fingerprint density at radius 3 is 2.89 bits per heavy atom. The molecule has 0 bridgehead atoms. The zero-order valence-corrected chi connectivity index (χ0v) is 11.8. The van der Waals surface area contributed by atoms with Crippen LogP contribution in [0.25, 0.3) is 0 Å². The van der Waals surface area contributed by atoms with E-state index in [-0.39, 0.29) is 5.78 Å². The van der Waals surface area contributed by atoms with Crippen molar-refractivity contribution in [3.05, 3.63) is 33.5 Å². The summed E-state index contributed by atoms with van der Waals surface area (Å²) in [7, 11) is 0. The van der Waals surface area contributed by atoms with Crippen LogP contribution in [0.15, 0.2) is 22.2 Å². The molecule has 0 unspecified atom stereocenters. The molecule has 2 aromatic heterocycles. The fourth-order valence-electron chi connectivity index (χ4n) is 1.88. The molecule has 0 saturated heterocycles. The fraction of sp³-hybridized carbons (Fsp3) is 0.385. The highest BCUT2D eigenvalue weighted by Crippen LogP contribution is 2.35. The highest BCUT2D eigenvalue weighted by Gasteiger charge is 2.31. The summed E-state index contributed by atoms with van der Waals surface area (Å²) < 4.78 is 0. The summed E-state index contributed by atoms with van der Waals surface area (Å²) >= 11 is 3.29. The van der Waals surface area contributed by atoms with E-state index >= 15 is 0 Å². The van der Waals surface area contributed by atoms with Gasteiger partial charge in [0.15, 0.2) is 10.9 Å². The van der Waals surface area contributed by atoms with E-state index in [1.807, 2.05) is 5.38 Å². The van der Waals surface area contributed by atoms with E-state index in [0.717, 1.165) is 11.7 Å². The zero-order chi connectivity index (χ0) is 12.5. The SMILES string of the molecule is CC(=O)c1csc(N(Cc2ccsc2)C2CC2)n1. The number of anilines is 1. The molecule has 0 N–H and O–H groups in total. The van der Waals surface area contributed by atoms with Gasteiger partial charge in [-0.2, -0.15) is 11.3 Å². The minimum Gasteiger partial charge on any atom is -0.341 e. The largest absolute Gasteiger partial charge is 0.341 e. The lowest BCUT2D eigenvalue weighted by Gasteiger charge is -2.20. The van der Waals surface area contributed by atoms with Gasteiger partial charge in [-0.05, 0) is 35.2 Å². The van der Waals surface area contributed by atoms with Crippen molar-refractivity contribution in [1.29, 1.82) is 0 Å². The molecule has 1 saturated carbocycles. The van der Waals surface area contributed by atoms with Crippen LogP contribution < -0.4 is 4.90 Å². The molecule has 0 amide bonds. The van der Waals surface area contributed by atoms with E-state index in [4.69, 9.17) is 0 Å². The summed E-state index contributed by atoms with van der Waals surface area (Å²) in [5.74, 6) is 0.0452. The van der Waals surface area contributed by atoms with E-state index < -0.39 is 0 Å². The van der Waals surface area contributed by atoms with Crippen molar-refractivity contribution in [2.24, 2.45) is 0 Å². The molecule has 3 rings (SSSR count). The van der Waals surface area contributed by atoms with Gasteiger partial charge in [0, 0.05) is 24.9 Å². The predicted molar refractivity (Wildman–Crippen MR) is 75.6 cm³/mol. The third-order valence-electron chi connectivity index (χ3n) is 3.02. The molecule has 0 atom stereocenters. The molecule has 2 aromatic rings. The van der Waals surface area contributed by atoms with Crippen LogP contribution in [0.2, 0.25) is 0 Å². The summed E-state index contributed by atoms with van der Waals surface area (Å²) in [6.07, 6.45) is 2.47. The first-order valence-electron chi connectivity index (χ1n) is 5.98. The first-order valence-corrected chi connectivity index (χ1v) is 7.80. The lowest BCUT2D eigenvalue weighted by Crippen LogP contribution is -2.24. The van der Waals surface area contributed by atoms with E-state index in [2.05, 4.69) is 26.7 Å².